The van der Waals surface area contributed by atoms with E-state index in [9.17, 15) is 19.5 Å². The van der Waals surface area contributed by atoms with Crippen molar-refractivity contribution < 1.29 is 42.9 Å². The van der Waals surface area contributed by atoms with Gasteiger partial charge in [0.15, 0.2) is 12.4 Å². The normalized spacial score (nSPS) is 13.1. The summed E-state index contributed by atoms with van der Waals surface area (Å²) in [6.07, 6.45) is 59.2. The van der Waals surface area contributed by atoms with E-state index in [1.807, 2.05) is 21.1 Å². The van der Waals surface area contributed by atoms with E-state index in [4.69, 9.17) is 18.9 Å². The van der Waals surface area contributed by atoms with Crippen LogP contribution in [-0.4, -0.2) is 82.3 Å². The molecule has 0 N–H and O–H groups in total. The first-order chi connectivity index (χ1) is 33.1. The maximum Gasteiger partial charge on any atom is 0.306 e. The second kappa shape index (κ2) is 50.6. The lowest BCUT2D eigenvalue weighted by Gasteiger charge is -2.26. The topological polar surface area (TPSA) is 111 Å². The number of carbonyl (C=O) groups is 3. The zero-order valence-electron chi connectivity index (χ0n) is 45.0. The Kier molecular flexibility index (Phi) is 48.6. The van der Waals surface area contributed by atoms with Crippen LogP contribution in [0.5, 0.6) is 0 Å². The number of aliphatic carboxylic acids is 1. The number of carbonyl (C=O) groups excluding carboxylic acids is 3. The number of hydrogen-bond donors (Lipinski definition) is 0. The number of unbranched alkanes of at least 4 members (excludes halogenated alkanes) is 29. The van der Waals surface area contributed by atoms with E-state index in [1.54, 1.807) is 0 Å². The van der Waals surface area contributed by atoms with Crippen molar-refractivity contribution in [1.82, 2.24) is 0 Å². The highest BCUT2D eigenvalue weighted by Gasteiger charge is 2.22. The molecule has 0 aliphatic carbocycles. The summed E-state index contributed by atoms with van der Waals surface area (Å²) >= 11 is 0. The molecular weight excluding hydrogens is 851 g/mol. The number of hydrogen-bond acceptors (Lipinski definition) is 8. The molecular formula is C59H107NO8. The van der Waals surface area contributed by atoms with Crippen molar-refractivity contribution in [2.24, 2.45) is 0 Å². The SMILES string of the molecule is CC/C=C\C/C=C\C/C=C\C/C=C\CCCCCCCCCCCCCCCCCCCCCCCCC(=O)OC(COC(=O)CCCCCCCCCC)COC(OCC[N+](C)(C)C)C(=O)[O-]. The van der Waals surface area contributed by atoms with E-state index in [-0.39, 0.29) is 32.2 Å². The van der Waals surface area contributed by atoms with Gasteiger partial charge in [-0.05, 0) is 51.4 Å². The van der Waals surface area contributed by atoms with Gasteiger partial charge in [-0.25, -0.2) is 0 Å². The number of carboxylic acid groups (broad SMARTS) is 1. The third-order valence-electron chi connectivity index (χ3n) is 12.3. The molecule has 0 spiro atoms. The van der Waals surface area contributed by atoms with E-state index < -0.39 is 24.3 Å². The van der Waals surface area contributed by atoms with Crippen molar-refractivity contribution in [1.29, 1.82) is 0 Å². The van der Waals surface area contributed by atoms with Crippen LogP contribution < -0.4 is 5.11 Å². The molecule has 2 unspecified atom stereocenters. The average molecular weight is 959 g/mol. The smallest absolute Gasteiger partial charge is 0.306 e. The Morgan fingerprint density at radius 3 is 1.25 bits per heavy atom. The number of allylic oxidation sites excluding steroid dienone is 8. The molecule has 0 aliphatic heterocycles. The molecule has 0 bridgehead atoms. The lowest BCUT2D eigenvalue weighted by molar-refractivity contribution is -0.870. The summed E-state index contributed by atoms with van der Waals surface area (Å²) in [7, 11) is 5.92. The summed E-state index contributed by atoms with van der Waals surface area (Å²) in [5, 5.41) is 11.7. The van der Waals surface area contributed by atoms with Gasteiger partial charge in [-0.1, -0.05) is 236 Å². The minimum atomic E-state index is -1.62. The van der Waals surface area contributed by atoms with Crippen LogP contribution in [0.2, 0.25) is 0 Å². The van der Waals surface area contributed by atoms with Gasteiger partial charge in [0, 0.05) is 12.8 Å². The van der Waals surface area contributed by atoms with Gasteiger partial charge in [0.1, 0.15) is 13.2 Å². The maximum atomic E-state index is 12.8. The minimum absolute atomic E-state index is 0.150. The van der Waals surface area contributed by atoms with Crippen LogP contribution in [-0.2, 0) is 33.3 Å². The predicted molar refractivity (Wildman–Crippen MR) is 283 cm³/mol. The third kappa shape index (κ3) is 51.1. The van der Waals surface area contributed by atoms with Crippen molar-refractivity contribution in [3.05, 3.63) is 48.6 Å². The quantitative estimate of drug-likeness (QED) is 0.0195. The number of carboxylic acids is 1. The summed E-state index contributed by atoms with van der Waals surface area (Å²) in [4.78, 5) is 37.0. The Bertz CT molecular complexity index is 1250. The molecule has 2 atom stereocenters. The van der Waals surface area contributed by atoms with Gasteiger partial charge in [0.05, 0.1) is 40.3 Å². The second-order valence-corrected chi connectivity index (χ2v) is 20.2. The van der Waals surface area contributed by atoms with E-state index in [0.717, 1.165) is 64.2 Å². The summed E-state index contributed by atoms with van der Waals surface area (Å²) in [6, 6.07) is 0. The van der Waals surface area contributed by atoms with Gasteiger partial charge in [-0.15, -0.1) is 0 Å². The van der Waals surface area contributed by atoms with Crippen LogP contribution in [0.4, 0.5) is 0 Å². The largest absolute Gasteiger partial charge is 0.545 e. The fraction of sp³-hybridized carbons (Fsp3) is 0.814. The highest BCUT2D eigenvalue weighted by Crippen LogP contribution is 2.17. The molecule has 396 valence electrons. The predicted octanol–water partition coefficient (Wildman–Crippen LogP) is 15.0. The summed E-state index contributed by atoms with van der Waals surface area (Å²) in [5.41, 5.74) is 0. The highest BCUT2D eigenvalue weighted by atomic mass is 16.7. The van der Waals surface area contributed by atoms with E-state index in [0.29, 0.717) is 17.4 Å². The Labute approximate surface area is 419 Å². The molecule has 0 radical (unpaired) electrons. The van der Waals surface area contributed by atoms with Crippen LogP contribution in [0.25, 0.3) is 0 Å². The van der Waals surface area contributed by atoms with Gasteiger partial charge in [0.25, 0.3) is 0 Å². The van der Waals surface area contributed by atoms with Crippen molar-refractivity contribution in [2.45, 2.75) is 264 Å². The lowest BCUT2D eigenvalue weighted by Crippen LogP contribution is -2.44. The maximum absolute atomic E-state index is 12.8. The van der Waals surface area contributed by atoms with Gasteiger partial charge < -0.3 is 33.3 Å². The number of nitrogens with zero attached hydrogens (tertiary/aromatic N) is 1. The molecule has 0 aromatic heterocycles. The molecule has 0 aliphatic rings. The number of rotatable bonds is 52. The second-order valence-electron chi connectivity index (χ2n) is 20.2. The van der Waals surface area contributed by atoms with Crippen molar-refractivity contribution in [2.75, 3.05) is 47.5 Å². The van der Waals surface area contributed by atoms with Gasteiger partial charge in [-0.3, -0.25) is 9.59 Å². The first-order valence-corrected chi connectivity index (χ1v) is 28.3. The molecule has 0 saturated heterocycles. The number of ether oxygens (including phenoxy) is 4. The van der Waals surface area contributed by atoms with Crippen molar-refractivity contribution >= 4 is 17.9 Å². The van der Waals surface area contributed by atoms with Gasteiger partial charge in [-0.2, -0.15) is 0 Å². The molecule has 0 aromatic rings. The first-order valence-electron chi connectivity index (χ1n) is 28.3. The van der Waals surface area contributed by atoms with Crippen LogP contribution in [0.3, 0.4) is 0 Å². The summed E-state index contributed by atoms with van der Waals surface area (Å²) in [6.45, 7) is 4.62. The van der Waals surface area contributed by atoms with E-state index in [1.165, 1.54) is 161 Å². The molecule has 0 saturated carbocycles. The number of quaternary nitrogens is 1. The van der Waals surface area contributed by atoms with Crippen LogP contribution in [0, 0.1) is 0 Å². The molecule has 0 heterocycles. The van der Waals surface area contributed by atoms with Gasteiger partial charge in [0.2, 0.25) is 0 Å². The van der Waals surface area contributed by atoms with Crippen molar-refractivity contribution in [3.8, 4) is 0 Å². The zero-order chi connectivity index (χ0) is 49.9. The molecule has 9 nitrogen and oxygen atoms in total. The van der Waals surface area contributed by atoms with Crippen LogP contribution in [0.15, 0.2) is 48.6 Å². The van der Waals surface area contributed by atoms with Crippen LogP contribution in [0.1, 0.15) is 251 Å². The molecule has 68 heavy (non-hydrogen) atoms. The van der Waals surface area contributed by atoms with Crippen LogP contribution >= 0.6 is 0 Å². The summed E-state index contributed by atoms with van der Waals surface area (Å²) in [5.74, 6) is -2.28. The lowest BCUT2D eigenvalue weighted by atomic mass is 10.0. The highest BCUT2D eigenvalue weighted by molar-refractivity contribution is 5.70. The minimum Gasteiger partial charge on any atom is -0.545 e. The molecule has 0 amide bonds. The van der Waals surface area contributed by atoms with Crippen molar-refractivity contribution in [3.63, 3.8) is 0 Å². The Morgan fingerprint density at radius 2 is 0.838 bits per heavy atom. The standard InChI is InChI=1S/C59H107NO8/c1-6-8-10-12-14-16-17-18-19-20-21-22-23-24-25-26-27-28-29-30-31-32-33-34-35-36-37-38-39-40-41-42-44-46-48-50-57(62)68-55(54-67-59(58(63)64)65-52-51-60(3,4)5)53-66-56(61)49-47-45-43-15-13-11-9-7-2/h8,10,14,16,18-19,21-22,55,59H,6-7,9,11-13,15,17,20,23-54H2,1-5H3/b10-8-,16-14-,19-18-,22-21-. The Balaban J connectivity index is 3.93. The average Bonchev–Trinajstić information content (AvgIpc) is 3.30. The fourth-order valence-corrected chi connectivity index (χ4v) is 8.00. The van der Waals surface area contributed by atoms with E-state index in [2.05, 4.69) is 62.5 Å². The third-order valence-corrected chi connectivity index (χ3v) is 12.3. The van der Waals surface area contributed by atoms with Gasteiger partial charge >= 0.3 is 11.9 Å². The Hall–Kier alpha value is -2.75. The number of esters is 2. The molecule has 9 heteroatoms. The summed E-state index contributed by atoms with van der Waals surface area (Å²) < 4.78 is 22.6. The number of likely N-dealkylation sites (N-methyl/N-ethyl adjacent to an activating group) is 1. The van der Waals surface area contributed by atoms with E-state index >= 15 is 0 Å². The fourth-order valence-electron chi connectivity index (χ4n) is 8.00. The first kappa shape index (κ1) is 65.2. The monoisotopic (exact) mass is 958 g/mol. The molecule has 0 rings (SSSR count). The molecule has 0 aromatic carbocycles. The molecule has 0 fully saturated rings. The zero-order valence-corrected chi connectivity index (χ0v) is 45.0. The Morgan fingerprint density at radius 1 is 0.456 bits per heavy atom.